The summed E-state index contributed by atoms with van der Waals surface area (Å²) in [6.07, 6.45) is -2.74. The van der Waals surface area contributed by atoms with Gasteiger partial charge in [-0.25, -0.2) is 4.99 Å². The maximum Gasteiger partial charge on any atom is 0.416 e. The van der Waals surface area contributed by atoms with E-state index in [2.05, 4.69) is 18.8 Å². The highest BCUT2D eigenvalue weighted by molar-refractivity contribution is 8.14. The number of benzene rings is 3. The number of aliphatic imine (C=N–C) groups is 1. The van der Waals surface area contributed by atoms with E-state index in [0.29, 0.717) is 39.4 Å². The number of nitrogens with zero attached hydrogens (tertiary/aromatic N) is 3. The molecule has 1 aliphatic heterocycles. The van der Waals surface area contributed by atoms with Gasteiger partial charge in [0.15, 0.2) is 11.0 Å². The molecule has 0 saturated heterocycles. The Balaban J connectivity index is 1.42. The minimum absolute atomic E-state index is 0.0161. The molecule has 1 aliphatic rings. The Morgan fingerprint density at radius 1 is 0.932 bits per heavy atom. The second kappa shape index (κ2) is 12.3. The average molecular weight is 616 g/mol. The van der Waals surface area contributed by atoms with Gasteiger partial charge in [0.1, 0.15) is 5.70 Å². The number of amidine groups is 1. The molecule has 9 heteroatoms. The lowest BCUT2D eigenvalue weighted by Gasteiger charge is -2.18. The molecular weight excluding hydrogens is 583 g/mol. The monoisotopic (exact) mass is 615 g/mol. The molecule has 0 radical (unpaired) electrons. The quantitative estimate of drug-likeness (QED) is 0.154. The third-order valence-corrected chi connectivity index (χ3v) is 8.46. The van der Waals surface area contributed by atoms with Crippen LogP contribution in [0, 0.1) is 20.8 Å². The smallest absolute Gasteiger partial charge is 0.318 e. The normalized spacial score (nSPS) is 14.6. The lowest BCUT2D eigenvalue weighted by molar-refractivity contribution is -0.137. The Kier molecular flexibility index (Phi) is 8.70. The van der Waals surface area contributed by atoms with Crippen molar-refractivity contribution < 1.29 is 22.8 Å². The van der Waals surface area contributed by atoms with Gasteiger partial charge in [0.2, 0.25) is 0 Å². The highest BCUT2D eigenvalue weighted by Gasteiger charge is 2.33. The summed E-state index contributed by atoms with van der Waals surface area (Å²) < 4.78 is 41.7. The van der Waals surface area contributed by atoms with E-state index in [-0.39, 0.29) is 23.1 Å². The molecule has 0 aliphatic carbocycles. The second-order valence-corrected chi connectivity index (χ2v) is 12.0. The lowest BCUT2D eigenvalue weighted by atomic mass is 10.0. The van der Waals surface area contributed by atoms with Crippen LogP contribution in [0.15, 0.2) is 89.6 Å². The van der Waals surface area contributed by atoms with Crippen LogP contribution in [0.25, 0.3) is 11.8 Å². The van der Waals surface area contributed by atoms with Gasteiger partial charge in [0.25, 0.3) is 5.91 Å². The highest BCUT2D eigenvalue weighted by atomic mass is 32.2. The Bertz CT molecular complexity index is 1780. The van der Waals surface area contributed by atoms with E-state index in [4.69, 9.17) is 0 Å². The largest absolute Gasteiger partial charge is 0.416 e. The Hall–Kier alpha value is -4.37. The number of anilines is 1. The number of ketones is 1. The molecule has 2 heterocycles. The van der Waals surface area contributed by atoms with Gasteiger partial charge in [-0.3, -0.25) is 14.5 Å². The summed E-state index contributed by atoms with van der Waals surface area (Å²) in [5, 5.41) is 0.379. The van der Waals surface area contributed by atoms with Crippen molar-refractivity contribution in [1.29, 1.82) is 0 Å². The Morgan fingerprint density at radius 2 is 1.61 bits per heavy atom. The van der Waals surface area contributed by atoms with E-state index in [1.54, 1.807) is 36.6 Å². The van der Waals surface area contributed by atoms with E-state index in [1.807, 2.05) is 55.5 Å². The number of halogens is 3. The van der Waals surface area contributed by atoms with Gasteiger partial charge >= 0.3 is 6.18 Å². The van der Waals surface area contributed by atoms with Gasteiger partial charge in [0.05, 0.1) is 17.0 Å². The van der Waals surface area contributed by atoms with E-state index >= 15 is 0 Å². The molecule has 5 rings (SSSR count). The van der Waals surface area contributed by atoms with Crippen molar-refractivity contribution in [2.75, 3.05) is 10.7 Å². The highest BCUT2D eigenvalue weighted by Crippen LogP contribution is 2.33. The summed E-state index contributed by atoms with van der Waals surface area (Å²) in [5.41, 5.74) is 5.13. The molecule has 1 amide bonds. The summed E-state index contributed by atoms with van der Waals surface area (Å²) >= 11 is 1.15. The van der Waals surface area contributed by atoms with Gasteiger partial charge in [-0.1, -0.05) is 73.6 Å². The Morgan fingerprint density at radius 3 is 2.25 bits per heavy atom. The van der Waals surface area contributed by atoms with Crippen LogP contribution in [0.2, 0.25) is 0 Å². The zero-order chi connectivity index (χ0) is 31.8. The van der Waals surface area contributed by atoms with E-state index in [9.17, 15) is 22.8 Å². The second-order valence-electron chi connectivity index (χ2n) is 11.1. The lowest BCUT2D eigenvalue weighted by Crippen LogP contribution is -2.30. The first-order chi connectivity index (χ1) is 20.8. The summed E-state index contributed by atoms with van der Waals surface area (Å²) in [6, 6.07) is 22.2. The number of carbonyl (C=O) groups is 2. The summed E-state index contributed by atoms with van der Waals surface area (Å²) in [5.74, 6) is -0.145. The number of alkyl halides is 3. The molecule has 226 valence electrons. The van der Waals surface area contributed by atoms with Crippen molar-refractivity contribution in [3.05, 3.63) is 124 Å². The number of aryl methyl sites for hydroxylation is 2. The number of thioether (sulfide) groups is 1. The first-order valence-electron chi connectivity index (χ1n) is 14.2. The van der Waals surface area contributed by atoms with E-state index in [1.165, 1.54) is 16.5 Å². The topological polar surface area (TPSA) is 54.7 Å². The molecule has 5 nitrogen and oxygen atoms in total. The standard InChI is InChI=1S/C35H32F3N3O2S/c1-21(2)26-13-11-25(12-14-26)18-31-33(43)41(28-15-9-22(3)10-16-28)34(39-31)44-20-32(42)30-17-23(4)40(24(30)5)29-8-6-7-27(19-29)35(36,37)38/h6-19,21H,20H2,1-5H3/b31-18-. The van der Waals surface area contributed by atoms with Crippen LogP contribution in [0.3, 0.4) is 0 Å². The van der Waals surface area contributed by atoms with Crippen LogP contribution in [-0.4, -0.2) is 27.2 Å². The fraction of sp³-hybridized carbons (Fsp3) is 0.229. The number of carbonyl (C=O) groups excluding carboxylic acids is 2. The maximum absolute atomic E-state index is 13.6. The van der Waals surface area contributed by atoms with Crippen molar-refractivity contribution in [3.8, 4) is 5.69 Å². The minimum atomic E-state index is -4.48. The fourth-order valence-corrected chi connectivity index (χ4v) is 6.02. The van der Waals surface area contributed by atoms with Crippen molar-refractivity contribution in [3.63, 3.8) is 0 Å². The van der Waals surface area contributed by atoms with Crippen molar-refractivity contribution in [1.82, 2.24) is 4.57 Å². The number of hydrogen-bond acceptors (Lipinski definition) is 4. The molecule has 0 unspecified atom stereocenters. The SMILES string of the molecule is Cc1ccc(N2C(=O)/C(=C/c3ccc(C(C)C)cc3)N=C2SCC(=O)c2cc(C)n(-c3cccc(C(F)(F)F)c3)c2C)cc1. The molecule has 0 fully saturated rings. The minimum Gasteiger partial charge on any atom is -0.318 e. The number of aromatic nitrogens is 1. The molecule has 0 N–H and O–H groups in total. The summed E-state index contributed by atoms with van der Waals surface area (Å²) in [6.45, 7) is 9.66. The van der Waals surface area contributed by atoms with Crippen molar-refractivity contribution in [2.45, 2.75) is 46.7 Å². The number of Topliss-reactive ketones (excluding diaryl/α,β-unsaturated/α-hetero) is 1. The van der Waals surface area contributed by atoms with Crippen LogP contribution < -0.4 is 4.90 Å². The molecule has 3 aromatic carbocycles. The molecular formula is C35H32F3N3O2S. The van der Waals surface area contributed by atoms with Crippen LogP contribution in [0.1, 0.15) is 63.8 Å². The van der Waals surface area contributed by atoms with Gasteiger partial charge in [-0.2, -0.15) is 13.2 Å². The number of hydrogen-bond donors (Lipinski definition) is 0. The van der Waals surface area contributed by atoms with Gasteiger partial charge in [-0.05, 0) is 80.3 Å². The van der Waals surface area contributed by atoms with Gasteiger partial charge in [0, 0.05) is 22.6 Å². The molecule has 0 saturated carbocycles. The molecule has 1 aromatic heterocycles. The predicted molar refractivity (Wildman–Crippen MR) is 172 cm³/mol. The first-order valence-corrected chi connectivity index (χ1v) is 15.2. The van der Waals surface area contributed by atoms with Crippen molar-refractivity contribution >= 4 is 40.4 Å². The van der Waals surface area contributed by atoms with Crippen molar-refractivity contribution in [2.24, 2.45) is 4.99 Å². The molecule has 44 heavy (non-hydrogen) atoms. The third kappa shape index (κ3) is 6.43. The molecule has 0 atom stereocenters. The van der Waals surface area contributed by atoms with E-state index < -0.39 is 11.7 Å². The summed E-state index contributed by atoms with van der Waals surface area (Å²) in [4.78, 5) is 33.3. The van der Waals surface area contributed by atoms with Gasteiger partial charge in [-0.15, -0.1) is 0 Å². The maximum atomic E-state index is 13.6. The molecule has 0 spiro atoms. The summed E-state index contributed by atoms with van der Waals surface area (Å²) in [7, 11) is 0. The third-order valence-electron chi connectivity index (χ3n) is 7.52. The van der Waals surface area contributed by atoms with E-state index in [0.717, 1.165) is 35.0 Å². The number of rotatable bonds is 7. The zero-order valence-electron chi connectivity index (χ0n) is 25.1. The zero-order valence-corrected chi connectivity index (χ0v) is 25.9. The predicted octanol–water partition coefficient (Wildman–Crippen LogP) is 8.90. The first kappa shape index (κ1) is 31.1. The van der Waals surface area contributed by atoms with Gasteiger partial charge < -0.3 is 4.57 Å². The molecule has 0 bridgehead atoms. The van der Waals surface area contributed by atoms with Crippen LogP contribution in [0.4, 0.5) is 18.9 Å². The van der Waals surface area contributed by atoms with Crippen LogP contribution >= 0.6 is 11.8 Å². The fourth-order valence-electron chi connectivity index (χ4n) is 5.12. The van der Waals surface area contributed by atoms with Crippen LogP contribution in [0.5, 0.6) is 0 Å². The Labute approximate surface area is 259 Å². The molecule has 4 aromatic rings. The number of amides is 1. The van der Waals surface area contributed by atoms with Crippen LogP contribution in [-0.2, 0) is 11.0 Å². The average Bonchev–Trinajstić information content (AvgIpc) is 3.46.